The summed E-state index contributed by atoms with van der Waals surface area (Å²) in [5.74, 6) is -0.198. The highest BCUT2D eigenvalue weighted by atomic mass is 16.2. The Labute approximate surface area is 68.2 Å². The van der Waals surface area contributed by atoms with Crippen LogP contribution in [0.15, 0.2) is 0 Å². The third-order valence-electron chi connectivity index (χ3n) is 1.32. The Morgan fingerprint density at radius 2 is 2.00 bits per heavy atom. The van der Waals surface area contributed by atoms with E-state index in [1.807, 2.05) is 6.92 Å². The highest BCUT2D eigenvalue weighted by molar-refractivity contribution is 6.19. The van der Waals surface area contributed by atoms with Gasteiger partial charge in [0, 0.05) is 6.54 Å². The van der Waals surface area contributed by atoms with Gasteiger partial charge in [-0.3, -0.25) is 9.59 Å². The molecule has 0 aromatic rings. The molecule has 0 spiro atoms. The summed E-state index contributed by atoms with van der Waals surface area (Å²) in [5.41, 5.74) is 0. The zero-order valence-corrected chi connectivity index (χ0v) is 6.96. The second-order valence-electron chi connectivity index (χ2n) is 2.31. The van der Waals surface area contributed by atoms with E-state index in [0.29, 0.717) is 6.54 Å². The molecule has 0 heterocycles. The Morgan fingerprint density at radius 3 is 2.27 bits per heavy atom. The molecule has 1 amide bonds. The van der Waals surface area contributed by atoms with E-state index in [0.717, 1.165) is 0 Å². The van der Waals surface area contributed by atoms with Crippen molar-refractivity contribution in [2.24, 2.45) is 0 Å². The van der Waals surface area contributed by atoms with Gasteiger partial charge in [-0.05, 0) is 20.2 Å². The van der Waals surface area contributed by atoms with Crippen LogP contribution in [0, 0.1) is 0 Å². The van der Waals surface area contributed by atoms with Crippen molar-refractivity contribution in [2.75, 3.05) is 13.1 Å². The Balaban J connectivity index is 3.94. The van der Waals surface area contributed by atoms with Gasteiger partial charge in [-0.2, -0.15) is 0 Å². The Bertz CT molecular complexity index is 159. The van der Waals surface area contributed by atoms with E-state index >= 15 is 0 Å². The summed E-state index contributed by atoms with van der Waals surface area (Å²) in [4.78, 5) is 23.0. The first kappa shape index (κ1) is 10.2. The number of ketones is 1. The summed E-state index contributed by atoms with van der Waals surface area (Å²) >= 11 is 0. The van der Waals surface area contributed by atoms with Crippen LogP contribution in [0.3, 0.4) is 0 Å². The van der Waals surface area contributed by atoms with Crippen LogP contribution < -0.4 is 0 Å². The summed E-state index contributed by atoms with van der Waals surface area (Å²) in [6, 6.07) is 0. The van der Waals surface area contributed by atoms with Crippen molar-refractivity contribution in [3.63, 3.8) is 0 Å². The normalized spacial score (nSPS) is 9.27. The second kappa shape index (κ2) is 4.94. The van der Waals surface area contributed by atoms with Crippen LogP contribution in [-0.4, -0.2) is 37.5 Å². The topological polar surface area (TPSA) is 37.4 Å². The first-order valence-corrected chi connectivity index (χ1v) is 3.59. The third kappa shape index (κ3) is 3.81. The van der Waals surface area contributed by atoms with Gasteiger partial charge in [-0.15, -0.1) is 0 Å². The van der Waals surface area contributed by atoms with E-state index in [2.05, 4.69) is 0 Å². The number of likely N-dealkylation sites (N-methyl/N-ethyl adjacent to an activating group) is 1. The van der Waals surface area contributed by atoms with Crippen LogP contribution in [-0.2, 0) is 9.59 Å². The van der Waals surface area contributed by atoms with E-state index in [1.54, 1.807) is 0 Å². The molecular formula is C7H12BNO2. The molecule has 2 radical (unpaired) electrons. The predicted octanol–water partition coefficient (Wildman–Crippen LogP) is 0.0107. The summed E-state index contributed by atoms with van der Waals surface area (Å²) < 4.78 is 0. The minimum absolute atomic E-state index is 0.0198. The fourth-order valence-corrected chi connectivity index (χ4v) is 0.774. The van der Waals surface area contributed by atoms with Gasteiger partial charge >= 0.3 is 0 Å². The molecule has 0 N–H and O–H groups in total. The lowest BCUT2D eigenvalue weighted by atomic mass is 10.0. The van der Waals surface area contributed by atoms with Gasteiger partial charge in [0.1, 0.15) is 5.78 Å². The highest BCUT2D eigenvalue weighted by Gasteiger charge is 2.09. The zero-order valence-electron chi connectivity index (χ0n) is 6.96. The van der Waals surface area contributed by atoms with Crippen LogP contribution >= 0.6 is 0 Å². The van der Waals surface area contributed by atoms with Gasteiger partial charge in [0.2, 0.25) is 5.91 Å². The Morgan fingerprint density at radius 1 is 1.45 bits per heavy atom. The number of carbonyl (C=O) groups excluding carboxylic acids is 2. The number of Topliss-reactive ketones (excluding diaryl/α,β-unsaturated/α-hetero) is 1. The lowest BCUT2D eigenvalue weighted by Crippen LogP contribution is -2.34. The monoisotopic (exact) mass is 153 g/mol. The summed E-state index contributed by atoms with van der Waals surface area (Å²) in [6.07, 6.45) is -0.0267. The average molecular weight is 153 g/mol. The van der Waals surface area contributed by atoms with Gasteiger partial charge in [-0.1, -0.05) is 0 Å². The van der Waals surface area contributed by atoms with Crippen LogP contribution in [0.5, 0.6) is 0 Å². The zero-order chi connectivity index (χ0) is 8.85. The van der Waals surface area contributed by atoms with Gasteiger partial charge in [0.15, 0.2) is 0 Å². The molecule has 0 rings (SSSR count). The smallest absolute Gasteiger partial charge is 0.214 e. The average Bonchev–Trinajstić information content (AvgIpc) is 1.98. The second-order valence-corrected chi connectivity index (χ2v) is 2.31. The molecule has 0 saturated carbocycles. The molecule has 0 aliphatic heterocycles. The minimum Gasteiger partial charge on any atom is -0.336 e. The number of carbonyl (C=O) groups is 2. The molecule has 0 atom stereocenters. The number of rotatable bonds is 4. The van der Waals surface area contributed by atoms with E-state index in [-0.39, 0.29) is 24.6 Å². The third-order valence-corrected chi connectivity index (χ3v) is 1.32. The van der Waals surface area contributed by atoms with E-state index in [4.69, 9.17) is 7.85 Å². The van der Waals surface area contributed by atoms with Gasteiger partial charge in [-0.25, -0.2) is 0 Å². The molecule has 0 aromatic heterocycles. The van der Waals surface area contributed by atoms with Crippen molar-refractivity contribution in [1.29, 1.82) is 0 Å². The molecule has 60 valence electrons. The Hall–Kier alpha value is -0.795. The van der Waals surface area contributed by atoms with Crippen molar-refractivity contribution in [3.05, 3.63) is 0 Å². The van der Waals surface area contributed by atoms with Crippen molar-refractivity contribution in [2.45, 2.75) is 20.2 Å². The van der Waals surface area contributed by atoms with Crippen molar-refractivity contribution < 1.29 is 9.59 Å². The van der Waals surface area contributed by atoms with Crippen molar-refractivity contribution in [3.8, 4) is 0 Å². The first-order chi connectivity index (χ1) is 5.11. The molecule has 4 heteroatoms. The van der Waals surface area contributed by atoms with Crippen molar-refractivity contribution >= 4 is 19.5 Å². The molecule has 0 aromatic carbocycles. The lowest BCUT2D eigenvalue weighted by Gasteiger charge is -2.18. The number of amides is 1. The van der Waals surface area contributed by atoms with E-state index in [9.17, 15) is 9.59 Å². The SMILES string of the molecule is [B]CC(=O)N(CC)CC(C)=O. The fourth-order valence-electron chi connectivity index (χ4n) is 0.774. The molecule has 3 nitrogen and oxygen atoms in total. The van der Waals surface area contributed by atoms with Crippen LogP contribution in [0.1, 0.15) is 13.8 Å². The quantitative estimate of drug-likeness (QED) is 0.533. The van der Waals surface area contributed by atoms with Crippen LogP contribution in [0.2, 0.25) is 6.32 Å². The molecule has 0 bridgehead atoms. The van der Waals surface area contributed by atoms with E-state index < -0.39 is 0 Å². The minimum atomic E-state index is -0.178. The maximum atomic E-state index is 10.9. The highest BCUT2D eigenvalue weighted by Crippen LogP contribution is 1.92. The van der Waals surface area contributed by atoms with Gasteiger partial charge in [0.05, 0.1) is 14.4 Å². The number of hydrogen-bond donors (Lipinski definition) is 0. The van der Waals surface area contributed by atoms with Gasteiger partial charge in [0.25, 0.3) is 0 Å². The maximum Gasteiger partial charge on any atom is 0.214 e. The molecule has 0 unspecified atom stereocenters. The standard InChI is InChI=1S/C7H12BNO2/c1-3-9(5-6(2)10)7(11)4-8/h3-5H2,1-2H3. The van der Waals surface area contributed by atoms with E-state index in [1.165, 1.54) is 11.8 Å². The summed E-state index contributed by atoms with van der Waals surface area (Å²) in [6.45, 7) is 3.98. The molecule has 0 aliphatic rings. The largest absolute Gasteiger partial charge is 0.336 e. The summed E-state index contributed by atoms with van der Waals surface area (Å²) in [7, 11) is 5.12. The molecule has 0 aliphatic carbocycles. The molecule has 11 heavy (non-hydrogen) atoms. The first-order valence-electron chi connectivity index (χ1n) is 3.59. The molecule has 0 saturated heterocycles. The maximum absolute atomic E-state index is 10.9. The summed E-state index contributed by atoms with van der Waals surface area (Å²) in [5, 5.41) is 0. The molecule has 0 fully saturated rings. The molecular weight excluding hydrogens is 141 g/mol. The number of hydrogen-bond acceptors (Lipinski definition) is 2. The van der Waals surface area contributed by atoms with Gasteiger partial charge < -0.3 is 4.90 Å². The van der Waals surface area contributed by atoms with Crippen LogP contribution in [0.25, 0.3) is 0 Å². The predicted molar refractivity (Wildman–Crippen MR) is 43.5 cm³/mol. The lowest BCUT2D eigenvalue weighted by molar-refractivity contribution is -0.132. The fraction of sp³-hybridized carbons (Fsp3) is 0.714. The number of nitrogens with zero attached hydrogens (tertiary/aromatic N) is 1. The van der Waals surface area contributed by atoms with Crippen LogP contribution in [0.4, 0.5) is 0 Å². The Kier molecular flexibility index (Phi) is 4.58. The van der Waals surface area contributed by atoms with Crippen molar-refractivity contribution in [1.82, 2.24) is 4.90 Å².